The average molecular weight is 474 g/mol. The fraction of sp³-hybridized carbons (Fsp3) is 0.0909. The molecule has 0 aliphatic carbocycles. The lowest BCUT2D eigenvalue weighted by Gasteiger charge is -2.13. The number of halogens is 2. The van der Waals surface area contributed by atoms with Crippen LogP contribution in [0.3, 0.4) is 0 Å². The third-order valence-corrected chi connectivity index (χ3v) is 4.81. The van der Waals surface area contributed by atoms with E-state index in [9.17, 15) is 14.9 Å². The summed E-state index contributed by atoms with van der Waals surface area (Å²) in [7, 11) is 1.47. The Morgan fingerprint density at radius 1 is 1.16 bits per heavy atom. The quantitative estimate of drug-likeness (QED) is 0.273. The first kappa shape index (κ1) is 23.1. The van der Waals surface area contributed by atoms with Gasteiger partial charge in [-0.1, -0.05) is 47.5 Å². The number of nitrogens with zero attached hydrogens (tertiary/aromatic N) is 2. The Morgan fingerprint density at radius 2 is 1.88 bits per heavy atom. The number of carbonyl (C=O) groups excluding carboxylic acids is 1. The first-order chi connectivity index (χ1) is 15.4. The molecule has 0 atom stereocenters. The van der Waals surface area contributed by atoms with Crippen molar-refractivity contribution < 1.29 is 19.2 Å². The van der Waals surface area contributed by atoms with E-state index in [-0.39, 0.29) is 22.9 Å². The third kappa shape index (κ3) is 5.75. The van der Waals surface area contributed by atoms with Gasteiger partial charge in [-0.05, 0) is 41.5 Å². The minimum absolute atomic E-state index is 0.101. The Kier molecular flexibility index (Phi) is 7.64. The highest BCUT2D eigenvalue weighted by Gasteiger charge is 2.18. The van der Waals surface area contributed by atoms with Crippen LogP contribution in [0, 0.1) is 10.1 Å². The van der Waals surface area contributed by atoms with Gasteiger partial charge in [-0.25, -0.2) is 5.43 Å². The molecule has 32 heavy (non-hydrogen) atoms. The van der Waals surface area contributed by atoms with Gasteiger partial charge in [0, 0.05) is 11.1 Å². The normalized spacial score (nSPS) is 10.7. The topological polar surface area (TPSA) is 103 Å². The van der Waals surface area contributed by atoms with Gasteiger partial charge in [-0.15, -0.1) is 0 Å². The van der Waals surface area contributed by atoms with Gasteiger partial charge < -0.3 is 9.47 Å². The molecule has 3 aromatic carbocycles. The summed E-state index contributed by atoms with van der Waals surface area (Å²) < 4.78 is 11.2. The minimum Gasteiger partial charge on any atom is -0.493 e. The molecule has 1 amide bonds. The maximum Gasteiger partial charge on any atom is 0.282 e. The Hall–Kier alpha value is -3.62. The summed E-state index contributed by atoms with van der Waals surface area (Å²) in [5.41, 5.74) is 3.27. The van der Waals surface area contributed by atoms with Gasteiger partial charge >= 0.3 is 0 Å². The van der Waals surface area contributed by atoms with Crippen LogP contribution in [-0.4, -0.2) is 24.2 Å². The van der Waals surface area contributed by atoms with E-state index >= 15 is 0 Å². The van der Waals surface area contributed by atoms with Crippen molar-refractivity contribution in [3.63, 3.8) is 0 Å². The molecule has 0 unspecified atom stereocenters. The Bertz CT molecular complexity index is 1170. The van der Waals surface area contributed by atoms with Crippen molar-refractivity contribution in [2.45, 2.75) is 6.61 Å². The van der Waals surface area contributed by atoms with E-state index in [0.717, 1.165) is 5.56 Å². The molecule has 0 radical (unpaired) electrons. The molecule has 0 fully saturated rings. The van der Waals surface area contributed by atoms with Gasteiger partial charge in [0.25, 0.3) is 11.6 Å². The molecule has 0 heterocycles. The zero-order valence-electron chi connectivity index (χ0n) is 16.7. The maximum atomic E-state index is 12.2. The van der Waals surface area contributed by atoms with Gasteiger partial charge in [0.2, 0.25) is 0 Å². The second-order valence-electron chi connectivity index (χ2n) is 6.42. The van der Waals surface area contributed by atoms with Crippen molar-refractivity contribution in [1.82, 2.24) is 5.43 Å². The summed E-state index contributed by atoms with van der Waals surface area (Å²) >= 11 is 12.2. The molecule has 0 bridgehead atoms. The van der Waals surface area contributed by atoms with Crippen LogP contribution in [0.2, 0.25) is 10.0 Å². The number of hydrogen-bond donors (Lipinski definition) is 1. The molecule has 0 aliphatic heterocycles. The molecule has 0 saturated heterocycles. The third-order valence-electron chi connectivity index (χ3n) is 4.27. The lowest BCUT2D eigenvalue weighted by molar-refractivity contribution is -0.385. The van der Waals surface area contributed by atoms with Crippen molar-refractivity contribution in [2.75, 3.05) is 7.11 Å². The fourth-order valence-corrected chi connectivity index (χ4v) is 3.14. The number of carbonyl (C=O) groups is 1. The summed E-state index contributed by atoms with van der Waals surface area (Å²) in [5.74, 6) is 0.0117. The molecule has 0 aliphatic rings. The van der Waals surface area contributed by atoms with Crippen LogP contribution in [0.15, 0.2) is 65.8 Å². The number of para-hydroxylation sites is 1. The number of benzene rings is 3. The molecule has 0 saturated carbocycles. The summed E-state index contributed by atoms with van der Waals surface area (Å²) in [6.07, 6.45) is 1.34. The van der Waals surface area contributed by atoms with Crippen LogP contribution in [0.25, 0.3) is 0 Å². The molecule has 3 aromatic rings. The predicted octanol–water partition coefficient (Wildman–Crippen LogP) is 5.25. The van der Waals surface area contributed by atoms with Crippen LogP contribution in [0.5, 0.6) is 11.5 Å². The highest BCUT2D eigenvalue weighted by atomic mass is 35.5. The van der Waals surface area contributed by atoms with E-state index in [1.54, 1.807) is 24.3 Å². The van der Waals surface area contributed by atoms with Crippen molar-refractivity contribution >= 4 is 41.0 Å². The Morgan fingerprint density at radius 3 is 2.56 bits per heavy atom. The van der Waals surface area contributed by atoms with E-state index in [4.69, 9.17) is 32.7 Å². The zero-order valence-corrected chi connectivity index (χ0v) is 18.3. The number of hydrazone groups is 1. The first-order valence-corrected chi connectivity index (χ1v) is 9.96. The van der Waals surface area contributed by atoms with Crippen molar-refractivity contribution in [3.8, 4) is 11.5 Å². The van der Waals surface area contributed by atoms with E-state index < -0.39 is 10.8 Å². The molecular weight excluding hydrogens is 457 g/mol. The van der Waals surface area contributed by atoms with E-state index in [1.807, 2.05) is 12.1 Å². The molecule has 164 valence electrons. The smallest absolute Gasteiger partial charge is 0.282 e. The fourth-order valence-electron chi connectivity index (χ4n) is 2.74. The van der Waals surface area contributed by atoms with Crippen LogP contribution < -0.4 is 14.9 Å². The summed E-state index contributed by atoms with van der Waals surface area (Å²) in [6, 6.07) is 16.0. The van der Waals surface area contributed by atoms with Gasteiger partial charge in [0.1, 0.15) is 12.2 Å². The number of methoxy groups -OCH3 is 1. The highest BCUT2D eigenvalue weighted by molar-refractivity contribution is 6.32. The van der Waals surface area contributed by atoms with Crippen molar-refractivity contribution in [3.05, 3.63) is 97.5 Å². The largest absolute Gasteiger partial charge is 0.493 e. The van der Waals surface area contributed by atoms with E-state index in [1.165, 1.54) is 37.6 Å². The Balaban J connectivity index is 1.71. The summed E-state index contributed by atoms with van der Waals surface area (Å²) in [5, 5.41) is 15.8. The molecule has 0 aromatic heterocycles. The second-order valence-corrected chi connectivity index (χ2v) is 7.27. The van der Waals surface area contributed by atoms with Crippen molar-refractivity contribution in [2.24, 2.45) is 5.10 Å². The van der Waals surface area contributed by atoms with E-state index in [0.29, 0.717) is 22.1 Å². The number of rotatable bonds is 8. The van der Waals surface area contributed by atoms with Gasteiger partial charge in [0.05, 0.1) is 23.3 Å². The van der Waals surface area contributed by atoms with Crippen LogP contribution in [0.4, 0.5) is 5.69 Å². The summed E-state index contributed by atoms with van der Waals surface area (Å²) in [4.78, 5) is 22.7. The molecule has 3 rings (SSSR count). The molecule has 8 nitrogen and oxygen atoms in total. The van der Waals surface area contributed by atoms with Gasteiger partial charge in [0.15, 0.2) is 11.5 Å². The number of hydrogen-bond acceptors (Lipinski definition) is 6. The lowest BCUT2D eigenvalue weighted by atomic mass is 10.2. The SMILES string of the molecule is COc1cc(/C=N\NC(=O)c2ccccc2[N+](=O)[O-])cc(Cl)c1OCc1ccc(Cl)cc1. The number of amides is 1. The van der Waals surface area contributed by atoms with Crippen LogP contribution >= 0.6 is 23.2 Å². The van der Waals surface area contributed by atoms with Crippen molar-refractivity contribution in [1.29, 1.82) is 0 Å². The van der Waals surface area contributed by atoms with Crippen LogP contribution in [-0.2, 0) is 6.61 Å². The second kappa shape index (κ2) is 10.6. The molecule has 10 heteroatoms. The molecular formula is C22H17Cl2N3O5. The first-order valence-electron chi connectivity index (χ1n) is 9.20. The van der Waals surface area contributed by atoms with E-state index in [2.05, 4.69) is 10.5 Å². The zero-order chi connectivity index (χ0) is 23.1. The predicted molar refractivity (Wildman–Crippen MR) is 122 cm³/mol. The standard InChI is InChI=1S/C22H17Cl2N3O5/c1-31-20-11-15(10-18(24)21(20)32-13-14-6-8-16(23)9-7-14)12-25-26-22(28)17-4-2-3-5-19(17)27(29)30/h2-12H,13H2,1H3,(H,26,28)/b25-12-. The number of nitrogens with one attached hydrogen (secondary N) is 1. The number of ether oxygens (including phenoxy) is 2. The van der Waals surface area contributed by atoms with Crippen LogP contribution in [0.1, 0.15) is 21.5 Å². The average Bonchev–Trinajstić information content (AvgIpc) is 2.79. The molecule has 0 spiro atoms. The Labute approximate surface area is 193 Å². The maximum absolute atomic E-state index is 12.2. The monoisotopic (exact) mass is 473 g/mol. The number of nitro groups is 1. The van der Waals surface area contributed by atoms with Gasteiger partial charge in [-0.2, -0.15) is 5.10 Å². The minimum atomic E-state index is -0.713. The van der Waals surface area contributed by atoms with Gasteiger partial charge in [-0.3, -0.25) is 14.9 Å². The summed E-state index contributed by atoms with van der Waals surface area (Å²) in [6.45, 7) is 0.257. The highest BCUT2D eigenvalue weighted by Crippen LogP contribution is 2.36. The number of nitro benzene ring substituents is 1. The molecule has 1 N–H and O–H groups in total. The lowest BCUT2D eigenvalue weighted by Crippen LogP contribution is -2.18.